The molecular weight excluding hydrogens is 348 g/mol. The molecule has 27 heavy (non-hydrogen) atoms. The summed E-state index contributed by atoms with van der Waals surface area (Å²) in [6.07, 6.45) is 1.08. The summed E-state index contributed by atoms with van der Waals surface area (Å²) < 4.78 is 10.9. The molecule has 0 spiro atoms. The van der Waals surface area contributed by atoms with Crippen LogP contribution in [0.15, 0.2) is 24.3 Å². The second kappa shape index (κ2) is 7.48. The third-order valence-corrected chi connectivity index (χ3v) is 4.90. The van der Waals surface area contributed by atoms with Gasteiger partial charge >= 0.3 is 0 Å². The molecule has 1 heterocycles. The Morgan fingerprint density at radius 1 is 1.33 bits per heavy atom. The Morgan fingerprint density at radius 3 is 2.48 bits per heavy atom. The minimum atomic E-state index is -1.01. The first kappa shape index (κ1) is 19.6. The Balaban J connectivity index is 1.92. The quantitative estimate of drug-likeness (QED) is 0.811. The molecule has 1 N–H and O–H groups in total. The largest absolute Gasteiger partial charge is 0.497 e. The fraction of sp³-hybridized carbons (Fsp3) is 0.600. The Kier molecular flexibility index (Phi) is 5.44. The van der Waals surface area contributed by atoms with Crippen LogP contribution in [0.1, 0.15) is 38.3 Å². The molecule has 2 amide bonds. The van der Waals surface area contributed by atoms with Crippen LogP contribution in [-0.2, 0) is 14.3 Å². The molecule has 1 saturated heterocycles. The number of hydrogen-bond acceptors (Lipinski definition) is 5. The molecule has 2 atom stereocenters. The summed E-state index contributed by atoms with van der Waals surface area (Å²) in [6, 6.07) is 7.06. The monoisotopic (exact) mass is 376 g/mol. The molecular formula is C20H28N2O5. The minimum Gasteiger partial charge on any atom is -0.497 e. The number of ether oxygens (including phenoxy) is 2. The zero-order valence-electron chi connectivity index (χ0n) is 16.3. The van der Waals surface area contributed by atoms with Crippen molar-refractivity contribution in [3.63, 3.8) is 0 Å². The van der Waals surface area contributed by atoms with Gasteiger partial charge in [0.05, 0.1) is 18.8 Å². The van der Waals surface area contributed by atoms with Crippen LogP contribution in [0.4, 0.5) is 0 Å². The van der Waals surface area contributed by atoms with Crippen LogP contribution in [0.2, 0.25) is 0 Å². The third kappa shape index (κ3) is 4.42. The molecule has 7 heteroatoms. The molecule has 0 unspecified atom stereocenters. The molecule has 7 nitrogen and oxygen atoms in total. The van der Waals surface area contributed by atoms with Crippen molar-refractivity contribution in [2.75, 3.05) is 27.3 Å². The van der Waals surface area contributed by atoms with Crippen LogP contribution in [-0.4, -0.2) is 71.8 Å². The number of nitrogens with zero attached hydrogens (tertiary/aromatic N) is 2. The first-order valence-electron chi connectivity index (χ1n) is 9.25. The molecule has 0 radical (unpaired) electrons. The fourth-order valence-electron chi connectivity index (χ4n) is 3.63. The van der Waals surface area contributed by atoms with E-state index in [4.69, 9.17) is 9.47 Å². The number of morpholine rings is 1. The number of benzene rings is 1. The molecule has 1 aromatic carbocycles. The first-order chi connectivity index (χ1) is 12.7. The summed E-state index contributed by atoms with van der Waals surface area (Å²) in [4.78, 5) is 29.0. The second-order valence-electron chi connectivity index (χ2n) is 7.99. The van der Waals surface area contributed by atoms with E-state index >= 15 is 0 Å². The Bertz CT molecular complexity index is 693. The SMILES string of the molecule is COc1ccc([C@@H]2[C@@H](C(=O)N(C)CC(C)(C)O)OCC(=O)N2C2CC2)cc1. The zero-order valence-corrected chi connectivity index (χ0v) is 16.3. The smallest absolute Gasteiger partial charge is 0.254 e. The lowest BCUT2D eigenvalue weighted by molar-refractivity contribution is -0.170. The molecule has 1 aliphatic carbocycles. The summed E-state index contributed by atoms with van der Waals surface area (Å²) >= 11 is 0. The van der Waals surface area contributed by atoms with Gasteiger partial charge in [0.2, 0.25) is 5.91 Å². The summed E-state index contributed by atoms with van der Waals surface area (Å²) in [5.74, 6) is 0.380. The van der Waals surface area contributed by atoms with Crippen molar-refractivity contribution >= 4 is 11.8 Å². The molecule has 1 aliphatic heterocycles. The van der Waals surface area contributed by atoms with Gasteiger partial charge in [-0.1, -0.05) is 12.1 Å². The predicted octanol–water partition coefficient (Wildman–Crippen LogP) is 1.36. The van der Waals surface area contributed by atoms with Crippen molar-refractivity contribution in [2.24, 2.45) is 0 Å². The van der Waals surface area contributed by atoms with Crippen molar-refractivity contribution < 1.29 is 24.2 Å². The van der Waals surface area contributed by atoms with E-state index in [-0.39, 0.29) is 31.0 Å². The molecule has 2 fully saturated rings. The fourth-order valence-corrected chi connectivity index (χ4v) is 3.63. The lowest BCUT2D eigenvalue weighted by Gasteiger charge is -2.42. The van der Waals surface area contributed by atoms with E-state index in [1.54, 1.807) is 28.0 Å². The Morgan fingerprint density at radius 2 is 1.96 bits per heavy atom. The maximum Gasteiger partial charge on any atom is 0.254 e. The number of likely N-dealkylation sites (N-methyl/N-ethyl adjacent to an activating group) is 1. The van der Waals surface area contributed by atoms with E-state index in [2.05, 4.69) is 0 Å². The molecule has 1 aromatic rings. The Hall–Kier alpha value is -2.12. The summed E-state index contributed by atoms with van der Waals surface area (Å²) in [7, 11) is 3.24. The topological polar surface area (TPSA) is 79.3 Å². The molecule has 0 bridgehead atoms. The lowest BCUT2D eigenvalue weighted by atomic mass is 9.96. The number of carbonyl (C=O) groups excluding carboxylic acids is 2. The number of hydrogen-bond donors (Lipinski definition) is 1. The van der Waals surface area contributed by atoms with Crippen molar-refractivity contribution in [1.82, 2.24) is 9.80 Å². The maximum absolute atomic E-state index is 13.1. The highest BCUT2D eigenvalue weighted by Gasteiger charge is 2.48. The summed E-state index contributed by atoms with van der Waals surface area (Å²) in [6.45, 7) is 3.38. The number of methoxy groups -OCH3 is 1. The normalized spacial score (nSPS) is 23.3. The highest BCUT2D eigenvalue weighted by molar-refractivity contribution is 5.86. The van der Waals surface area contributed by atoms with E-state index < -0.39 is 17.7 Å². The number of rotatable bonds is 6. The molecule has 2 aliphatic rings. The van der Waals surface area contributed by atoms with Gasteiger partial charge in [-0.15, -0.1) is 0 Å². The van der Waals surface area contributed by atoms with E-state index in [1.165, 1.54) is 4.90 Å². The number of amides is 2. The summed E-state index contributed by atoms with van der Waals surface area (Å²) in [5.41, 5.74) is -0.175. The van der Waals surface area contributed by atoms with Crippen LogP contribution in [0.25, 0.3) is 0 Å². The van der Waals surface area contributed by atoms with Gasteiger partial charge in [-0.05, 0) is 44.4 Å². The number of carbonyl (C=O) groups is 2. The predicted molar refractivity (Wildman–Crippen MR) is 99.3 cm³/mol. The van der Waals surface area contributed by atoms with Gasteiger partial charge in [0.25, 0.3) is 5.91 Å². The average Bonchev–Trinajstić information content (AvgIpc) is 3.44. The van der Waals surface area contributed by atoms with Gasteiger partial charge in [0.15, 0.2) is 6.10 Å². The van der Waals surface area contributed by atoms with Crippen LogP contribution in [0.3, 0.4) is 0 Å². The zero-order chi connectivity index (χ0) is 19.8. The second-order valence-corrected chi connectivity index (χ2v) is 7.99. The van der Waals surface area contributed by atoms with E-state index in [9.17, 15) is 14.7 Å². The van der Waals surface area contributed by atoms with Crippen LogP contribution in [0.5, 0.6) is 5.75 Å². The van der Waals surface area contributed by atoms with Gasteiger partial charge in [-0.3, -0.25) is 9.59 Å². The van der Waals surface area contributed by atoms with E-state index in [1.807, 2.05) is 29.2 Å². The lowest BCUT2D eigenvalue weighted by Crippen LogP contribution is -2.56. The average molecular weight is 376 g/mol. The van der Waals surface area contributed by atoms with Gasteiger partial charge < -0.3 is 24.4 Å². The number of aliphatic hydroxyl groups is 1. The van der Waals surface area contributed by atoms with Crippen molar-refractivity contribution in [1.29, 1.82) is 0 Å². The van der Waals surface area contributed by atoms with Crippen molar-refractivity contribution in [3.05, 3.63) is 29.8 Å². The van der Waals surface area contributed by atoms with Crippen LogP contribution in [0, 0.1) is 0 Å². The third-order valence-electron chi connectivity index (χ3n) is 4.90. The van der Waals surface area contributed by atoms with Gasteiger partial charge in [0, 0.05) is 19.6 Å². The van der Waals surface area contributed by atoms with E-state index in [0.29, 0.717) is 5.75 Å². The van der Waals surface area contributed by atoms with Crippen LogP contribution < -0.4 is 4.74 Å². The highest BCUT2D eigenvalue weighted by Crippen LogP contribution is 2.40. The molecule has 1 saturated carbocycles. The van der Waals surface area contributed by atoms with Gasteiger partial charge in [0.1, 0.15) is 12.4 Å². The molecule has 148 valence electrons. The van der Waals surface area contributed by atoms with Crippen LogP contribution >= 0.6 is 0 Å². The summed E-state index contributed by atoms with van der Waals surface area (Å²) in [5, 5.41) is 10.1. The van der Waals surface area contributed by atoms with Crippen molar-refractivity contribution in [3.8, 4) is 5.75 Å². The minimum absolute atomic E-state index is 0.0903. The standard InChI is InChI=1S/C20H28N2O5/c1-20(2,25)12-21(3)19(24)18-17(13-5-9-15(26-4)10-6-13)22(14-7-8-14)16(23)11-27-18/h5-6,9-10,14,17-18,25H,7-8,11-12H2,1-4H3/t17-,18+/m1/s1. The first-order valence-corrected chi connectivity index (χ1v) is 9.25. The Labute approximate surface area is 159 Å². The van der Waals surface area contributed by atoms with Gasteiger partial charge in [-0.25, -0.2) is 0 Å². The molecule has 0 aromatic heterocycles. The highest BCUT2D eigenvalue weighted by atomic mass is 16.5. The van der Waals surface area contributed by atoms with Gasteiger partial charge in [-0.2, -0.15) is 0 Å². The van der Waals surface area contributed by atoms with Crippen molar-refractivity contribution in [2.45, 2.75) is 50.5 Å². The molecule has 3 rings (SSSR count). The van der Waals surface area contributed by atoms with E-state index in [0.717, 1.165) is 18.4 Å². The maximum atomic E-state index is 13.1.